The summed E-state index contributed by atoms with van der Waals surface area (Å²) in [5, 5.41) is 0.843. The Bertz CT molecular complexity index is 386. The highest BCUT2D eigenvalue weighted by atomic mass is 35.5. The molecule has 2 N–H and O–H groups in total. The number of halogens is 1. The van der Waals surface area contributed by atoms with Crippen LogP contribution in [0.2, 0.25) is 5.02 Å². The van der Waals surface area contributed by atoms with Gasteiger partial charge in [0.15, 0.2) is 0 Å². The smallest absolute Gasteiger partial charge is 0.0438 e. The van der Waals surface area contributed by atoms with Crippen molar-refractivity contribution in [1.29, 1.82) is 0 Å². The van der Waals surface area contributed by atoms with Gasteiger partial charge in [0.25, 0.3) is 0 Å². The largest absolute Gasteiger partial charge is 0.324 e. The number of nitrogens with two attached hydrogens (primary N) is 1. The quantitative estimate of drug-likeness (QED) is 0.832. The highest BCUT2D eigenvalue weighted by Crippen LogP contribution is 2.46. The van der Waals surface area contributed by atoms with Crippen LogP contribution in [-0.4, -0.2) is 5.54 Å². The second kappa shape index (κ2) is 4.05. The maximum atomic E-state index is 6.58. The third kappa shape index (κ3) is 1.99. The van der Waals surface area contributed by atoms with Crippen molar-refractivity contribution in [3.8, 4) is 0 Å². The molecule has 16 heavy (non-hydrogen) atoms. The fraction of sp³-hybridized carbons (Fsp3) is 0.571. The second-order valence-electron chi connectivity index (χ2n) is 5.66. The Labute approximate surface area is 103 Å². The van der Waals surface area contributed by atoms with Gasteiger partial charge in [-0.1, -0.05) is 50.1 Å². The molecule has 2 rings (SSSR count). The van der Waals surface area contributed by atoms with Crippen LogP contribution in [0.3, 0.4) is 0 Å². The van der Waals surface area contributed by atoms with Gasteiger partial charge in [0.05, 0.1) is 0 Å². The topological polar surface area (TPSA) is 26.0 Å². The lowest BCUT2D eigenvalue weighted by atomic mass is 9.72. The summed E-state index contributed by atoms with van der Waals surface area (Å²) in [6.45, 7) is 4.55. The van der Waals surface area contributed by atoms with Crippen molar-refractivity contribution in [2.24, 2.45) is 11.1 Å². The Balaban J connectivity index is 2.25. The summed E-state index contributed by atoms with van der Waals surface area (Å²) in [6, 6.07) is 8.04. The lowest BCUT2D eigenvalue weighted by Gasteiger charge is -2.38. The lowest BCUT2D eigenvalue weighted by Crippen LogP contribution is -2.50. The molecular formula is C14H20ClN. The Morgan fingerprint density at radius 2 is 1.94 bits per heavy atom. The lowest BCUT2D eigenvalue weighted by molar-refractivity contribution is 0.207. The van der Waals surface area contributed by atoms with Crippen LogP contribution in [0.1, 0.15) is 38.7 Å². The molecule has 0 aliphatic heterocycles. The van der Waals surface area contributed by atoms with E-state index in [1.54, 1.807) is 0 Å². The van der Waals surface area contributed by atoms with Crippen LogP contribution in [0.4, 0.5) is 0 Å². The van der Waals surface area contributed by atoms with Gasteiger partial charge in [-0.2, -0.15) is 0 Å². The molecule has 0 radical (unpaired) electrons. The SMILES string of the molecule is CC1(C)CCCC1(N)Cc1ccccc1Cl. The second-order valence-corrected chi connectivity index (χ2v) is 6.07. The summed E-state index contributed by atoms with van der Waals surface area (Å²) < 4.78 is 0. The van der Waals surface area contributed by atoms with Gasteiger partial charge in [0, 0.05) is 10.6 Å². The molecule has 1 nitrogen and oxygen atoms in total. The van der Waals surface area contributed by atoms with Crippen molar-refractivity contribution in [3.05, 3.63) is 34.9 Å². The molecule has 1 atom stereocenters. The normalized spacial score (nSPS) is 28.2. The van der Waals surface area contributed by atoms with Crippen molar-refractivity contribution in [1.82, 2.24) is 0 Å². The molecule has 0 saturated heterocycles. The molecule has 1 unspecified atom stereocenters. The van der Waals surface area contributed by atoms with Crippen molar-refractivity contribution >= 4 is 11.6 Å². The highest BCUT2D eigenvalue weighted by Gasteiger charge is 2.45. The molecule has 0 spiro atoms. The maximum absolute atomic E-state index is 6.58. The van der Waals surface area contributed by atoms with Crippen LogP contribution in [0.5, 0.6) is 0 Å². The third-order valence-corrected chi connectivity index (χ3v) is 4.60. The van der Waals surface area contributed by atoms with Gasteiger partial charge in [0.2, 0.25) is 0 Å². The van der Waals surface area contributed by atoms with Gasteiger partial charge < -0.3 is 5.73 Å². The molecule has 1 aromatic rings. The molecule has 1 aliphatic carbocycles. The fourth-order valence-corrected chi connectivity index (χ4v) is 2.94. The Hall–Kier alpha value is -0.530. The van der Waals surface area contributed by atoms with Crippen LogP contribution in [0.15, 0.2) is 24.3 Å². The molecule has 1 aromatic carbocycles. The van der Waals surface area contributed by atoms with E-state index in [0.29, 0.717) is 0 Å². The van der Waals surface area contributed by atoms with Crippen molar-refractivity contribution in [2.75, 3.05) is 0 Å². The first-order chi connectivity index (χ1) is 7.45. The Morgan fingerprint density at radius 3 is 2.50 bits per heavy atom. The van der Waals surface area contributed by atoms with Gasteiger partial charge in [0.1, 0.15) is 0 Å². The molecule has 0 aromatic heterocycles. The summed E-state index contributed by atoms with van der Waals surface area (Å²) >= 11 is 6.20. The van der Waals surface area contributed by atoms with E-state index < -0.39 is 0 Å². The zero-order chi connectivity index (χ0) is 11.8. The molecule has 0 bridgehead atoms. The van der Waals surface area contributed by atoms with Gasteiger partial charge >= 0.3 is 0 Å². The molecule has 0 heterocycles. The minimum absolute atomic E-state index is 0.0992. The Morgan fingerprint density at radius 1 is 1.25 bits per heavy atom. The first-order valence-corrected chi connectivity index (χ1v) is 6.35. The van der Waals surface area contributed by atoms with Gasteiger partial charge in [-0.05, 0) is 36.3 Å². The standard InChI is InChI=1S/C14H20ClN/c1-13(2)8-5-9-14(13,16)10-11-6-3-4-7-12(11)15/h3-4,6-7H,5,8-10,16H2,1-2H3. The molecule has 1 saturated carbocycles. The van der Waals surface area contributed by atoms with E-state index in [1.165, 1.54) is 18.4 Å². The summed E-state index contributed by atoms with van der Waals surface area (Å²) in [5.74, 6) is 0. The van der Waals surface area contributed by atoms with E-state index in [2.05, 4.69) is 19.9 Å². The van der Waals surface area contributed by atoms with Crippen LogP contribution in [-0.2, 0) is 6.42 Å². The van der Waals surface area contributed by atoms with Crippen LogP contribution < -0.4 is 5.73 Å². The monoisotopic (exact) mass is 237 g/mol. The molecule has 0 amide bonds. The first-order valence-electron chi connectivity index (χ1n) is 5.97. The number of rotatable bonds is 2. The number of hydrogen-bond acceptors (Lipinski definition) is 1. The number of benzene rings is 1. The summed E-state index contributed by atoms with van der Waals surface area (Å²) in [5.41, 5.74) is 7.88. The van der Waals surface area contributed by atoms with Crippen LogP contribution in [0.25, 0.3) is 0 Å². The van der Waals surface area contributed by atoms with Gasteiger partial charge in [-0.25, -0.2) is 0 Å². The van der Waals surface area contributed by atoms with Gasteiger partial charge in [-0.15, -0.1) is 0 Å². The summed E-state index contributed by atoms with van der Waals surface area (Å²) in [7, 11) is 0. The minimum atomic E-state index is -0.0992. The summed E-state index contributed by atoms with van der Waals surface area (Å²) in [6.07, 6.45) is 4.44. The molecule has 88 valence electrons. The average Bonchev–Trinajstić information content (AvgIpc) is 2.45. The van der Waals surface area contributed by atoms with Crippen molar-refractivity contribution < 1.29 is 0 Å². The molecule has 1 aliphatic rings. The van der Waals surface area contributed by atoms with Crippen molar-refractivity contribution in [3.63, 3.8) is 0 Å². The van der Waals surface area contributed by atoms with Crippen LogP contribution in [0, 0.1) is 5.41 Å². The molecule has 1 fully saturated rings. The van der Waals surface area contributed by atoms with E-state index >= 15 is 0 Å². The van der Waals surface area contributed by atoms with Crippen LogP contribution >= 0.6 is 11.6 Å². The highest BCUT2D eigenvalue weighted by molar-refractivity contribution is 6.31. The van der Waals surface area contributed by atoms with E-state index in [1.807, 2.05) is 18.2 Å². The predicted molar refractivity (Wildman–Crippen MR) is 69.7 cm³/mol. The maximum Gasteiger partial charge on any atom is 0.0438 e. The summed E-state index contributed by atoms with van der Waals surface area (Å²) in [4.78, 5) is 0. The fourth-order valence-electron chi connectivity index (χ4n) is 2.74. The minimum Gasteiger partial charge on any atom is -0.324 e. The Kier molecular flexibility index (Phi) is 3.02. The number of hydrogen-bond donors (Lipinski definition) is 1. The van der Waals surface area contributed by atoms with Gasteiger partial charge in [-0.3, -0.25) is 0 Å². The van der Waals surface area contributed by atoms with Crippen molar-refractivity contribution in [2.45, 2.75) is 45.1 Å². The van der Waals surface area contributed by atoms with E-state index in [4.69, 9.17) is 17.3 Å². The predicted octanol–water partition coefficient (Wildman–Crippen LogP) is 3.79. The van der Waals surface area contributed by atoms with E-state index in [0.717, 1.165) is 17.9 Å². The average molecular weight is 238 g/mol. The zero-order valence-corrected chi connectivity index (χ0v) is 10.8. The third-order valence-electron chi connectivity index (χ3n) is 4.24. The first kappa shape index (κ1) is 11.9. The van der Waals surface area contributed by atoms with E-state index in [-0.39, 0.29) is 11.0 Å². The molecule has 2 heteroatoms. The van der Waals surface area contributed by atoms with E-state index in [9.17, 15) is 0 Å². The molecular weight excluding hydrogens is 218 g/mol. The zero-order valence-electron chi connectivity index (χ0n) is 10.1.